The zero-order valence-corrected chi connectivity index (χ0v) is 16.1. The van der Waals surface area contributed by atoms with Crippen molar-refractivity contribution in [1.29, 1.82) is 0 Å². The lowest BCUT2D eigenvalue weighted by Crippen LogP contribution is -2.40. The molecule has 6 heteroatoms. The van der Waals surface area contributed by atoms with E-state index in [1.165, 1.54) is 5.56 Å². The Bertz CT molecular complexity index is 748. The number of ether oxygens (including phenoxy) is 1. The number of fused-ring (bicyclic) bond motifs is 1. The Morgan fingerprint density at radius 2 is 2.16 bits per heavy atom. The number of nitrogens with zero attached hydrogens (tertiary/aromatic N) is 2. The lowest BCUT2D eigenvalue weighted by molar-refractivity contribution is 0.261. The van der Waals surface area contributed by atoms with Gasteiger partial charge in [0, 0.05) is 29.8 Å². The average molecular weight is 359 g/mol. The molecular formula is C19H26N4OS. The lowest BCUT2D eigenvalue weighted by atomic mass is 9.93. The van der Waals surface area contributed by atoms with E-state index in [0.29, 0.717) is 13.2 Å². The summed E-state index contributed by atoms with van der Waals surface area (Å²) in [5.41, 5.74) is 2.40. The molecule has 0 bridgehead atoms. The fourth-order valence-corrected chi connectivity index (χ4v) is 3.71. The maximum Gasteiger partial charge on any atom is 0.191 e. The molecule has 134 valence electrons. The number of hydrogen-bond donors (Lipinski definition) is 2. The van der Waals surface area contributed by atoms with Gasteiger partial charge in [-0.15, -0.1) is 11.3 Å². The van der Waals surface area contributed by atoms with Crippen LogP contribution in [0.4, 0.5) is 0 Å². The monoisotopic (exact) mass is 358 g/mol. The van der Waals surface area contributed by atoms with Crippen molar-refractivity contribution in [3.05, 3.63) is 45.9 Å². The molecule has 0 saturated carbocycles. The third-order valence-electron chi connectivity index (χ3n) is 4.22. The molecule has 0 aliphatic carbocycles. The van der Waals surface area contributed by atoms with Gasteiger partial charge in [-0.25, -0.2) is 4.98 Å². The smallest absolute Gasteiger partial charge is 0.191 e. The second-order valence-electron chi connectivity index (χ2n) is 7.17. The van der Waals surface area contributed by atoms with Gasteiger partial charge in [-0.3, -0.25) is 4.99 Å². The van der Waals surface area contributed by atoms with Crippen molar-refractivity contribution in [2.45, 2.75) is 45.2 Å². The van der Waals surface area contributed by atoms with E-state index in [0.717, 1.165) is 28.8 Å². The van der Waals surface area contributed by atoms with Crippen LogP contribution < -0.4 is 15.4 Å². The van der Waals surface area contributed by atoms with Crippen LogP contribution in [-0.2, 0) is 12.0 Å². The molecule has 2 aromatic rings. The molecule has 1 aromatic carbocycles. The van der Waals surface area contributed by atoms with Crippen LogP contribution in [0.25, 0.3) is 0 Å². The highest BCUT2D eigenvalue weighted by Gasteiger charge is 2.22. The Hall–Kier alpha value is -2.08. The number of nitrogens with one attached hydrogen (secondary N) is 2. The first-order valence-electron chi connectivity index (χ1n) is 8.61. The predicted molar refractivity (Wildman–Crippen MR) is 103 cm³/mol. The molecular weight excluding hydrogens is 332 g/mol. The summed E-state index contributed by atoms with van der Waals surface area (Å²) in [7, 11) is 1.79. The van der Waals surface area contributed by atoms with Crippen LogP contribution in [0.1, 0.15) is 49.5 Å². The number of thiazole rings is 1. The maximum absolute atomic E-state index is 5.72. The molecule has 0 fully saturated rings. The van der Waals surface area contributed by atoms with Gasteiger partial charge in [0.25, 0.3) is 0 Å². The van der Waals surface area contributed by atoms with Gasteiger partial charge in [-0.1, -0.05) is 39.0 Å². The van der Waals surface area contributed by atoms with Crippen LogP contribution in [0.2, 0.25) is 0 Å². The minimum absolute atomic E-state index is 0.0838. The quantitative estimate of drug-likeness (QED) is 0.650. The summed E-state index contributed by atoms with van der Waals surface area (Å²) in [6.07, 6.45) is 0.920. The van der Waals surface area contributed by atoms with Crippen LogP contribution in [0.3, 0.4) is 0 Å². The molecule has 2 N–H and O–H groups in total. The van der Waals surface area contributed by atoms with Crippen molar-refractivity contribution in [3.8, 4) is 5.75 Å². The summed E-state index contributed by atoms with van der Waals surface area (Å²) >= 11 is 1.69. The molecule has 5 nitrogen and oxygen atoms in total. The molecule has 1 unspecified atom stereocenters. The van der Waals surface area contributed by atoms with E-state index in [1.54, 1.807) is 18.4 Å². The molecule has 2 heterocycles. The Morgan fingerprint density at radius 3 is 2.88 bits per heavy atom. The van der Waals surface area contributed by atoms with Gasteiger partial charge in [0.1, 0.15) is 10.8 Å². The second kappa shape index (κ2) is 7.44. The van der Waals surface area contributed by atoms with Crippen molar-refractivity contribution in [2.75, 3.05) is 13.7 Å². The Labute approximate surface area is 153 Å². The van der Waals surface area contributed by atoms with Gasteiger partial charge >= 0.3 is 0 Å². The minimum atomic E-state index is 0.0838. The average Bonchev–Trinajstić information content (AvgIpc) is 3.08. The number of aliphatic imine (C=N–C) groups is 1. The van der Waals surface area contributed by atoms with Gasteiger partial charge in [0.2, 0.25) is 0 Å². The summed E-state index contributed by atoms with van der Waals surface area (Å²) in [6.45, 7) is 7.94. The zero-order valence-electron chi connectivity index (χ0n) is 15.3. The Kier molecular flexibility index (Phi) is 5.27. The molecule has 0 radical (unpaired) electrons. The van der Waals surface area contributed by atoms with Crippen LogP contribution >= 0.6 is 11.3 Å². The van der Waals surface area contributed by atoms with Gasteiger partial charge in [-0.05, 0) is 6.07 Å². The van der Waals surface area contributed by atoms with E-state index in [1.807, 2.05) is 18.2 Å². The molecule has 0 spiro atoms. The van der Waals surface area contributed by atoms with Crippen molar-refractivity contribution >= 4 is 17.3 Å². The third-order valence-corrected chi connectivity index (χ3v) is 5.07. The Morgan fingerprint density at radius 1 is 1.36 bits per heavy atom. The van der Waals surface area contributed by atoms with Crippen molar-refractivity contribution in [2.24, 2.45) is 4.99 Å². The summed E-state index contributed by atoms with van der Waals surface area (Å²) in [5, 5.41) is 10.1. The van der Waals surface area contributed by atoms with Gasteiger partial charge in [0.05, 0.1) is 24.9 Å². The van der Waals surface area contributed by atoms with Crippen LogP contribution in [0.5, 0.6) is 5.75 Å². The highest BCUT2D eigenvalue weighted by molar-refractivity contribution is 7.09. The van der Waals surface area contributed by atoms with Gasteiger partial charge < -0.3 is 15.4 Å². The van der Waals surface area contributed by atoms with Crippen LogP contribution in [0, 0.1) is 0 Å². The largest absolute Gasteiger partial charge is 0.493 e. The summed E-state index contributed by atoms with van der Waals surface area (Å²) in [5.74, 6) is 1.74. The summed E-state index contributed by atoms with van der Waals surface area (Å²) < 4.78 is 5.72. The lowest BCUT2D eigenvalue weighted by Gasteiger charge is -2.27. The first-order valence-corrected chi connectivity index (χ1v) is 9.49. The van der Waals surface area contributed by atoms with Crippen molar-refractivity contribution < 1.29 is 4.74 Å². The molecule has 1 aromatic heterocycles. The predicted octanol–water partition coefficient (Wildman–Crippen LogP) is 3.63. The van der Waals surface area contributed by atoms with Gasteiger partial charge in [0.15, 0.2) is 5.96 Å². The molecule has 3 rings (SSSR count). The fraction of sp³-hybridized carbons (Fsp3) is 0.474. The normalized spacial score (nSPS) is 17.6. The number of rotatable bonds is 3. The fourth-order valence-electron chi connectivity index (χ4n) is 2.75. The molecule has 1 aliphatic heterocycles. The van der Waals surface area contributed by atoms with Crippen molar-refractivity contribution in [1.82, 2.24) is 15.6 Å². The number of para-hydroxylation sites is 1. The molecule has 1 atom stereocenters. The SMILES string of the molecule is CN=C(NCc1nc(C(C)(C)C)cs1)NC1CCOc2ccccc21. The van der Waals surface area contributed by atoms with Crippen LogP contribution in [-0.4, -0.2) is 24.6 Å². The number of hydrogen-bond acceptors (Lipinski definition) is 4. The van der Waals surface area contributed by atoms with E-state index in [9.17, 15) is 0 Å². The van der Waals surface area contributed by atoms with E-state index < -0.39 is 0 Å². The van der Waals surface area contributed by atoms with E-state index in [-0.39, 0.29) is 11.5 Å². The number of guanidine groups is 1. The van der Waals surface area contributed by atoms with E-state index >= 15 is 0 Å². The minimum Gasteiger partial charge on any atom is -0.493 e. The standard InChI is InChI=1S/C19H26N4OS/c1-19(2,3)16-12-25-17(23-16)11-21-18(20-4)22-14-9-10-24-15-8-6-5-7-13(14)15/h5-8,12,14H,9-11H2,1-4H3,(H2,20,21,22). The molecule has 0 amide bonds. The van der Waals surface area contributed by atoms with Crippen molar-refractivity contribution in [3.63, 3.8) is 0 Å². The van der Waals surface area contributed by atoms with E-state index in [2.05, 4.69) is 47.8 Å². The zero-order chi connectivity index (χ0) is 17.9. The molecule has 0 saturated heterocycles. The first-order chi connectivity index (χ1) is 12.0. The maximum atomic E-state index is 5.72. The summed E-state index contributed by atoms with van der Waals surface area (Å²) in [4.78, 5) is 9.08. The highest BCUT2D eigenvalue weighted by atomic mass is 32.1. The third kappa shape index (κ3) is 4.31. The highest BCUT2D eigenvalue weighted by Crippen LogP contribution is 2.31. The summed E-state index contributed by atoms with van der Waals surface area (Å²) in [6, 6.07) is 8.38. The Balaban J connectivity index is 1.62. The molecule has 25 heavy (non-hydrogen) atoms. The number of aromatic nitrogens is 1. The number of benzene rings is 1. The topological polar surface area (TPSA) is 58.5 Å². The molecule has 1 aliphatic rings. The first kappa shape index (κ1) is 17.7. The van der Waals surface area contributed by atoms with Crippen LogP contribution in [0.15, 0.2) is 34.6 Å². The second-order valence-corrected chi connectivity index (χ2v) is 8.12. The van der Waals surface area contributed by atoms with E-state index in [4.69, 9.17) is 9.72 Å². The van der Waals surface area contributed by atoms with Gasteiger partial charge in [-0.2, -0.15) is 0 Å².